The third kappa shape index (κ3) is 3.36. The number of hydrogen-bond acceptors (Lipinski definition) is 6. The first-order valence-electron chi connectivity index (χ1n) is 9.62. The van der Waals surface area contributed by atoms with Crippen molar-refractivity contribution in [1.29, 1.82) is 0 Å². The summed E-state index contributed by atoms with van der Waals surface area (Å²) in [6, 6.07) is 8.10. The Morgan fingerprint density at radius 1 is 1.07 bits per heavy atom. The largest absolute Gasteiger partial charge is 0.332 e. The number of rotatable bonds is 6. The zero-order chi connectivity index (χ0) is 21.4. The second kappa shape index (κ2) is 7.94. The van der Waals surface area contributed by atoms with Crippen LogP contribution >= 0.6 is 11.8 Å². The van der Waals surface area contributed by atoms with Gasteiger partial charge in [-0.3, -0.25) is 18.5 Å². The van der Waals surface area contributed by atoms with E-state index in [9.17, 15) is 9.59 Å². The smallest absolute Gasteiger partial charge is 0.328 e. The molecule has 4 aromatic rings. The number of hydrogen-bond donors (Lipinski definition) is 0. The van der Waals surface area contributed by atoms with E-state index >= 15 is 0 Å². The van der Waals surface area contributed by atoms with Crippen molar-refractivity contribution < 1.29 is 0 Å². The maximum atomic E-state index is 12.8. The number of aryl methyl sites for hydroxylation is 4. The van der Waals surface area contributed by atoms with Crippen molar-refractivity contribution >= 4 is 22.9 Å². The summed E-state index contributed by atoms with van der Waals surface area (Å²) < 4.78 is 6.38. The summed E-state index contributed by atoms with van der Waals surface area (Å²) in [6.45, 7) is 4.31. The Labute approximate surface area is 177 Å². The molecule has 0 aliphatic rings. The van der Waals surface area contributed by atoms with Crippen LogP contribution in [0.1, 0.15) is 17.8 Å². The van der Waals surface area contributed by atoms with Gasteiger partial charge in [0.05, 0.1) is 12.0 Å². The maximum Gasteiger partial charge on any atom is 0.332 e. The highest BCUT2D eigenvalue weighted by molar-refractivity contribution is 7.99. The van der Waals surface area contributed by atoms with E-state index in [1.54, 1.807) is 36.8 Å². The molecule has 0 unspecified atom stereocenters. The van der Waals surface area contributed by atoms with Crippen LogP contribution in [0.3, 0.4) is 0 Å². The second-order valence-electron chi connectivity index (χ2n) is 7.18. The Kier molecular flexibility index (Phi) is 5.33. The molecule has 0 amide bonds. The molecule has 0 spiro atoms. The van der Waals surface area contributed by atoms with Crippen molar-refractivity contribution in [2.45, 2.75) is 32.0 Å². The highest BCUT2D eigenvalue weighted by Gasteiger charge is 2.16. The predicted octanol–water partition coefficient (Wildman–Crippen LogP) is 1.81. The monoisotopic (exact) mass is 425 g/mol. The molecule has 1 aromatic carbocycles. The topological polar surface area (TPSA) is 92.5 Å². The molecule has 4 rings (SSSR count). The van der Waals surface area contributed by atoms with Crippen molar-refractivity contribution in [3.8, 4) is 5.69 Å². The first-order chi connectivity index (χ1) is 14.4. The minimum absolute atomic E-state index is 0.308. The average molecular weight is 426 g/mol. The molecule has 0 bridgehead atoms. The van der Waals surface area contributed by atoms with Gasteiger partial charge < -0.3 is 4.57 Å². The van der Waals surface area contributed by atoms with E-state index in [1.807, 2.05) is 29.7 Å². The second-order valence-corrected chi connectivity index (χ2v) is 8.24. The van der Waals surface area contributed by atoms with Crippen molar-refractivity contribution in [2.75, 3.05) is 5.75 Å². The summed E-state index contributed by atoms with van der Waals surface area (Å²) in [6.07, 6.45) is 2.19. The molecule has 0 fully saturated rings. The van der Waals surface area contributed by atoms with E-state index in [0.29, 0.717) is 29.9 Å². The van der Waals surface area contributed by atoms with Gasteiger partial charge in [0.25, 0.3) is 5.56 Å². The number of aromatic nitrogens is 7. The summed E-state index contributed by atoms with van der Waals surface area (Å²) in [5, 5.41) is 9.32. The third-order valence-electron chi connectivity index (χ3n) is 5.11. The van der Waals surface area contributed by atoms with Crippen LogP contribution in [0, 0.1) is 13.8 Å². The van der Waals surface area contributed by atoms with E-state index in [4.69, 9.17) is 0 Å². The predicted molar refractivity (Wildman–Crippen MR) is 116 cm³/mol. The summed E-state index contributed by atoms with van der Waals surface area (Å²) in [7, 11) is 3.39. The zero-order valence-corrected chi connectivity index (χ0v) is 18.2. The minimum Gasteiger partial charge on any atom is -0.328 e. The molecule has 3 aromatic heterocycles. The van der Waals surface area contributed by atoms with Crippen LogP contribution in [0.2, 0.25) is 0 Å². The maximum absolute atomic E-state index is 12.8. The number of nitrogens with zero attached hydrogens (tertiary/aromatic N) is 7. The molecule has 0 atom stereocenters. The van der Waals surface area contributed by atoms with Gasteiger partial charge in [0, 0.05) is 26.4 Å². The molecular weight excluding hydrogens is 402 g/mol. The molecule has 156 valence electrons. The summed E-state index contributed by atoms with van der Waals surface area (Å²) in [5.74, 6) is 1.52. The standard InChI is InChI=1S/C20H23N7O2S/c1-13-8-5-6-9-15(13)27-14(2)22-23-19(27)30-11-7-10-26-18(28)16-17(21-12-24(16)3)25(4)20(26)29/h5-6,8-9,12H,7,10-11H2,1-4H3. The zero-order valence-electron chi connectivity index (χ0n) is 17.4. The van der Waals surface area contributed by atoms with Crippen LogP contribution < -0.4 is 11.2 Å². The highest BCUT2D eigenvalue weighted by atomic mass is 32.2. The normalized spacial score (nSPS) is 11.5. The lowest BCUT2D eigenvalue weighted by atomic mass is 10.2. The van der Waals surface area contributed by atoms with Crippen molar-refractivity contribution in [2.24, 2.45) is 14.1 Å². The van der Waals surface area contributed by atoms with Gasteiger partial charge in [-0.05, 0) is 31.9 Å². The SMILES string of the molecule is Cc1ccccc1-n1c(C)nnc1SCCCn1c(=O)c2c(ncn2C)n(C)c1=O. The molecule has 9 nitrogen and oxygen atoms in total. The summed E-state index contributed by atoms with van der Waals surface area (Å²) in [5.41, 5.74) is 2.36. The number of thioether (sulfide) groups is 1. The third-order valence-corrected chi connectivity index (χ3v) is 6.12. The number of para-hydroxylation sites is 1. The lowest BCUT2D eigenvalue weighted by Gasteiger charge is -2.11. The fraction of sp³-hybridized carbons (Fsp3) is 0.350. The Balaban J connectivity index is 1.53. The van der Waals surface area contributed by atoms with Gasteiger partial charge >= 0.3 is 5.69 Å². The molecule has 0 aliphatic carbocycles. The Morgan fingerprint density at radius 2 is 1.83 bits per heavy atom. The van der Waals surface area contributed by atoms with Crippen LogP contribution in [-0.2, 0) is 20.6 Å². The van der Waals surface area contributed by atoms with Crippen LogP contribution in [0.5, 0.6) is 0 Å². The number of benzene rings is 1. The molecule has 30 heavy (non-hydrogen) atoms. The van der Waals surface area contributed by atoms with E-state index in [2.05, 4.69) is 28.2 Å². The van der Waals surface area contributed by atoms with E-state index in [-0.39, 0.29) is 11.2 Å². The fourth-order valence-electron chi connectivity index (χ4n) is 3.51. The average Bonchev–Trinajstić information content (AvgIpc) is 3.29. The van der Waals surface area contributed by atoms with Crippen LogP contribution in [0.15, 0.2) is 45.3 Å². The first kappa shape index (κ1) is 20.1. The Hall–Kier alpha value is -3.14. The van der Waals surface area contributed by atoms with Gasteiger partial charge in [0.15, 0.2) is 16.3 Å². The van der Waals surface area contributed by atoms with E-state index in [1.165, 1.54) is 9.13 Å². The van der Waals surface area contributed by atoms with E-state index in [0.717, 1.165) is 22.2 Å². The quantitative estimate of drug-likeness (QED) is 0.346. The van der Waals surface area contributed by atoms with Gasteiger partial charge in [-0.2, -0.15) is 0 Å². The molecule has 0 saturated heterocycles. The van der Waals surface area contributed by atoms with Gasteiger partial charge in [-0.25, -0.2) is 9.78 Å². The highest BCUT2D eigenvalue weighted by Crippen LogP contribution is 2.24. The molecular formula is C20H23N7O2S. The molecule has 3 heterocycles. The van der Waals surface area contributed by atoms with Crippen LogP contribution in [0.25, 0.3) is 16.9 Å². The Morgan fingerprint density at radius 3 is 2.60 bits per heavy atom. The molecule has 0 aliphatic heterocycles. The summed E-state index contributed by atoms with van der Waals surface area (Å²) >= 11 is 1.56. The van der Waals surface area contributed by atoms with Crippen molar-refractivity contribution in [1.82, 2.24) is 33.4 Å². The van der Waals surface area contributed by atoms with Crippen LogP contribution in [0.4, 0.5) is 0 Å². The molecule has 0 radical (unpaired) electrons. The van der Waals surface area contributed by atoms with Gasteiger partial charge in [-0.15, -0.1) is 10.2 Å². The number of fused-ring (bicyclic) bond motifs is 1. The molecule has 0 N–H and O–H groups in total. The van der Waals surface area contributed by atoms with Crippen LogP contribution in [-0.4, -0.2) is 39.2 Å². The van der Waals surface area contributed by atoms with Crippen molar-refractivity contribution in [3.05, 3.63) is 62.8 Å². The van der Waals surface area contributed by atoms with E-state index < -0.39 is 0 Å². The minimum atomic E-state index is -0.352. The first-order valence-corrected chi connectivity index (χ1v) is 10.6. The Bertz CT molecular complexity index is 1350. The summed E-state index contributed by atoms with van der Waals surface area (Å²) in [4.78, 5) is 29.5. The lowest BCUT2D eigenvalue weighted by Crippen LogP contribution is -2.39. The molecule has 0 saturated carbocycles. The number of imidazole rings is 1. The lowest BCUT2D eigenvalue weighted by molar-refractivity contribution is 0.594. The van der Waals surface area contributed by atoms with Gasteiger partial charge in [0.1, 0.15) is 5.82 Å². The van der Waals surface area contributed by atoms with Gasteiger partial charge in [-0.1, -0.05) is 30.0 Å². The molecule has 10 heteroatoms. The van der Waals surface area contributed by atoms with Crippen molar-refractivity contribution in [3.63, 3.8) is 0 Å². The fourth-order valence-corrected chi connectivity index (χ4v) is 4.42. The van der Waals surface area contributed by atoms with Gasteiger partial charge in [0.2, 0.25) is 0 Å².